The normalized spacial score (nSPS) is 21.6. The maximum Gasteiger partial charge on any atom is 0.145 e. The average molecular weight is 271 g/mol. The van der Waals surface area contributed by atoms with Crippen LogP contribution >= 0.6 is 0 Å². The van der Waals surface area contributed by atoms with Crippen LogP contribution in [0.1, 0.15) is 34.6 Å². The van der Waals surface area contributed by atoms with Gasteiger partial charge in [-0.1, -0.05) is 34.3 Å². The van der Waals surface area contributed by atoms with Gasteiger partial charge in [0.15, 0.2) is 0 Å². The molecule has 0 aromatic rings. The zero-order valence-electron chi connectivity index (χ0n) is 13.1. The van der Waals surface area contributed by atoms with E-state index in [-0.39, 0.29) is 12.6 Å². The largest absolute Gasteiger partial charge is 0.494 e. The number of allylic oxidation sites excluding steroid dienone is 2. The van der Waals surface area contributed by atoms with Crippen LogP contribution in [-0.4, -0.2) is 31.5 Å². The fourth-order valence-electron chi connectivity index (χ4n) is 1.39. The summed E-state index contributed by atoms with van der Waals surface area (Å²) < 4.78 is 10.6. The Kier molecular flexibility index (Phi) is 13.6. The maximum atomic E-state index is 9.04. The molecule has 0 radical (unpaired) electrons. The Morgan fingerprint density at radius 1 is 1.47 bits per heavy atom. The van der Waals surface area contributed by atoms with Gasteiger partial charge in [-0.05, 0) is 19.1 Å². The molecule has 0 bridgehead atoms. The molecule has 1 aliphatic rings. The van der Waals surface area contributed by atoms with Gasteiger partial charge in [0.25, 0.3) is 0 Å². The van der Waals surface area contributed by atoms with Crippen LogP contribution in [-0.2, 0) is 9.47 Å². The number of methoxy groups -OCH3 is 1. The molecule has 1 atom stereocenters. The third-order valence-corrected chi connectivity index (χ3v) is 2.17. The predicted octanol–water partition coefficient (Wildman–Crippen LogP) is 2.97. The topological polar surface area (TPSA) is 50.7 Å². The summed E-state index contributed by atoms with van der Waals surface area (Å²) in [5.74, 6) is 1.33. The summed E-state index contributed by atoms with van der Waals surface area (Å²) in [6.07, 6.45) is 3.45. The predicted molar refractivity (Wildman–Crippen MR) is 80.6 cm³/mol. The quantitative estimate of drug-likeness (QED) is 0.775. The first kappa shape index (κ1) is 19.9. The van der Waals surface area contributed by atoms with Crippen molar-refractivity contribution in [1.29, 1.82) is 0 Å². The van der Waals surface area contributed by atoms with Gasteiger partial charge in [-0.25, -0.2) is 0 Å². The summed E-state index contributed by atoms with van der Waals surface area (Å²) in [6, 6.07) is -0.103. The molecule has 4 nitrogen and oxygen atoms in total. The molecule has 1 aliphatic heterocycles. The molecule has 0 aromatic carbocycles. The number of ether oxygens (including phenoxy) is 2. The minimum Gasteiger partial charge on any atom is -0.494 e. The molecule has 1 saturated heterocycles. The Morgan fingerprint density at radius 2 is 2.05 bits per heavy atom. The monoisotopic (exact) mass is 271 g/mol. The zero-order chi connectivity index (χ0) is 15.3. The zero-order valence-corrected chi connectivity index (χ0v) is 13.1. The van der Waals surface area contributed by atoms with E-state index in [2.05, 4.69) is 11.9 Å². The first-order chi connectivity index (χ1) is 9.26. The van der Waals surface area contributed by atoms with Crippen molar-refractivity contribution in [3.63, 3.8) is 0 Å². The summed E-state index contributed by atoms with van der Waals surface area (Å²) in [6.45, 7) is 14.0. The summed E-state index contributed by atoms with van der Waals surface area (Å²) in [4.78, 5) is 0. The van der Waals surface area contributed by atoms with Gasteiger partial charge < -0.3 is 19.9 Å². The van der Waals surface area contributed by atoms with E-state index in [0.717, 1.165) is 11.5 Å². The van der Waals surface area contributed by atoms with Gasteiger partial charge in [0.2, 0.25) is 0 Å². The second kappa shape index (κ2) is 13.0. The molecule has 2 N–H and O–H groups in total. The van der Waals surface area contributed by atoms with Gasteiger partial charge in [0, 0.05) is 0 Å². The van der Waals surface area contributed by atoms with Crippen LogP contribution in [0.15, 0.2) is 35.9 Å². The molecule has 112 valence electrons. The number of hydrogen-bond donors (Lipinski definition) is 2. The van der Waals surface area contributed by atoms with Gasteiger partial charge in [0.1, 0.15) is 23.8 Å². The van der Waals surface area contributed by atoms with Crippen molar-refractivity contribution in [2.45, 2.75) is 40.7 Å². The van der Waals surface area contributed by atoms with Crippen LogP contribution in [0.4, 0.5) is 0 Å². The van der Waals surface area contributed by atoms with Crippen molar-refractivity contribution < 1.29 is 14.6 Å². The highest BCUT2D eigenvalue weighted by atomic mass is 16.5. The van der Waals surface area contributed by atoms with Crippen molar-refractivity contribution in [2.75, 3.05) is 20.3 Å². The Bertz CT molecular complexity index is 296. The SMILES string of the molecule is C=C/C(OC)=C1/NC(CO)CO/C1=C/C.CC.CC. The third-order valence-electron chi connectivity index (χ3n) is 2.17. The summed E-state index contributed by atoms with van der Waals surface area (Å²) in [5, 5.41) is 12.2. The smallest absolute Gasteiger partial charge is 0.145 e. The fourth-order valence-corrected chi connectivity index (χ4v) is 1.39. The molecular formula is C15H29NO3. The average Bonchev–Trinajstić information content (AvgIpc) is 2.52. The van der Waals surface area contributed by atoms with Crippen LogP contribution in [0.25, 0.3) is 0 Å². The molecule has 1 rings (SSSR count). The van der Waals surface area contributed by atoms with E-state index in [0.29, 0.717) is 12.4 Å². The van der Waals surface area contributed by atoms with Crippen molar-refractivity contribution in [1.82, 2.24) is 5.32 Å². The van der Waals surface area contributed by atoms with Crippen molar-refractivity contribution in [2.24, 2.45) is 0 Å². The number of aliphatic hydroxyl groups is 1. The van der Waals surface area contributed by atoms with E-state index >= 15 is 0 Å². The van der Waals surface area contributed by atoms with E-state index in [9.17, 15) is 0 Å². The van der Waals surface area contributed by atoms with Crippen LogP contribution in [0.5, 0.6) is 0 Å². The van der Waals surface area contributed by atoms with Gasteiger partial charge in [-0.3, -0.25) is 0 Å². The number of morpholine rings is 1. The highest BCUT2D eigenvalue weighted by molar-refractivity contribution is 5.33. The van der Waals surface area contributed by atoms with E-state index in [1.165, 1.54) is 0 Å². The molecule has 1 unspecified atom stereocenters. The second-order valence-corrected chi connectivity index (χ2v) is 3.14. The van der Waals surface area contributed by atoms with E-state index in [4.69, 9.17) is 14.6 Å². The van der Waals surface area contributed by atoms with Crippen LogP contribution in [0.2, 0.25) is 0 Å². The first-order valence-electron chi connectivity index (χ1n) is 6.84. The Morgan fingerprint density at radius 3 is 2.42 bits per heavy atom. The molecule has 4 heteroatoms. The van der Waals surface area contributed by atoms with Gasteiger partial charge >= 0.3 is 0 Å². The fraction of sp³-hybridized carbons (Fsp3) is 0.600. The van der Waals surface area contributed by atoms with Gasteiger partial charge in [-0.2, -0.15) is 0 Å². The molecule has 1 fully saturated rings. The van der Waals surface area contributed by atoms with Crippen molar-refractivity contribution >= 4 is 0 Å². The van der Waals surface area contributed by atoms with Crippen LogP contribution < -0.4 is 5.32 Å². The van der Waals surface area contributed by atoms with Gasteiger partial charge in [0.05, 0.1) is 19.8 Å². The number of aliphatic hydroxyl groups excluding tert-OH is 1. The van der Waals surface area contributed by atoms with E-state index in [1.54, 1.807) is 13.2 Å². The lowest BCUT2D eigenvalue weighted by Crippen LogP contribution is -2.41. The molecule has 0 saturated carbocycles. The van der Waals surface area contributed by atoms with Crippen LogP contribution in [0.3, 0.4) is 0 Å². The van der Waals surface area contributed by atoms with Crippen LogP contribution in [0, 0.1) is 0 Å². The number of hydrogen-bond acceptors (Lipinski definition) is 4. The summed E-state index contributed by atoms with van der Waals surface area (Å²) in [5.41, 5.74) is 0.736. The van der Waals surface area contributed by atoms with Gasteiger partial charge in [-0.15, -0.1) is 0 Å². The number of rotatable bonds is 3. The lowest BCUT2D eigenvalue weighted by Gasteiger charge is -2.29. The standard InChI is InChI=1S/C11H17NO3.2C2H6/c1-4-9(14-3)11-10(5-2)15-7-8(6-13)12-11;2*1-2/h4-5,8,12-13H,1,6-7H2,2-3H3;2*1-2H3/b10-5+,11-9-;;. The molecule has 0 amide bonds. The lowest BCUT2D eigenvalue weighted by atomic mass is 10.2. The second-order valence-electron chi connectivity index (χ2n) is 3.14. The lowest BCUT2D eigenvalue weighted by molar-refractivity contribution is 0.116. The molecular weight excluding hydrogens is 242 g/mol. The first-order valence-corrected chi connectivity index (χ1v) is 6.84. The van der Waals surface area contributed by atoms with Crippen molar-refractivity contribution in [3.8, 4) is 0 Å². The molecule has 0 spiro atoms. The van der Waals surface area contributed by atoms with Crippen molar-refractivity contribution in [3.05, 3.63) is 35.9 Å². The minimum atomic E-state index is -0.103. The van der Waals surface area contributed by atoms with E-state index in [1.807, 2.05) is 40.7 Å². The minimum absolute atomic E-state index is 0.0225. The highest BCUT2D eigenvalue weighted by Crippen LogP contribution is 2.20. The molecule has 0 aromatic heterocycles. The summed E-state index contributed by atoms with van der Waals surface area (Å²) in [7, 11) is 1.57. The maximum absolute atomic E-state index is 9.04. The van der Waals surface area contributed by atoms with E-state index < -0.39 is 0 Å². The third kappa shape index (κ3) is 6.34. The molecule has 0 aliphatic carbocycles. The number of nitrogens with one attached hydrogen (secondary N) is 1. The molecule has 19 heavy (non-hydrogen) atoms. The summed E-state index contributed by atoms with van der Waals surface area (Å²) >= 11 is 0. The Balaban J connectivity index is 0. The Hall–Kier alpha value is -1.42. The Labute approximate surface area is 117 Å². The molecule has 1 heterocycles. The highest BCUT2D eigenvalue weighted by Gasteiger charge is 2.22.